The van der Waals surface area contributed by atoms with Gasteiger partial charge in [0.2, 0.25) is 5.69 Å². The van der Waals surface area contributed by atoms with E-state index in [1.54, 1.807) is 0 Å². The van der Waals surface area contributed by atoms with Crippen LogP contribution < -0.4 is 0 Å². The van der Waals surface area contributed by atoms with Gasteiger partial charge in [-0.25, -0.2) is 19.4 Å². The van der Waals surface area contributed by atoms with Gasteiger partial charge in [-0.05, 0) is 22.6 Å². The van der Waals surface area contributed by atoms with Gasteiger partial charge in [0, 0.05) is 6.20 Å². The Kier molecular flexibility index (Phi) is 3.18. The lowest BCUT2D eigenvalue weighted by Gasteiger charge is -2.00. The molecule has 0 saturated heterocycles. The first-order valence-corrected chi connectivity index (χ1v) is 5.52. The zero-order valence-corrected chi connectivity index (χ0v) is 10.7. The molecule has 2 aromatic rings. The molecule has 0 aliphatic carbocycles. The number of hydrogen-bond donors (Lipinski definition) is 1. The van der Waals surface area contributed by atoms with Gasteiger partial charge >= 0.3 is 11.7 Å². The van der Waals surface area contributed by atoms with Crippen LogP contribution in [0, 0.1) is 13.7 Å². The summed E-state index contributed by atoms with van der Waals surface area (Å²) in [4.78, 5) is 28.4. The Hall–Kier alpha value is -2.11. The Morgan fingerprint density at radius 2 is 2.28 bits per heavy atom. The maximum atomic E-state index is 10.8. The van der Waals surface area contributed by atoms with Crippen LogP contribution in [0.4, 0.5) is 5.69 Å². The van der Waals surface area contributed by atoms with Crippen molar-refractivity contribution in [1.29, 1.82) is 0 Å². The van der Waals surface area contributed by atoms with E-state index in [9.17, 15) is 14.9 Å². The van der Waals surface area contributed by atoms with E-state index in [1.165, 1.54) is 12.5 Å². The second-order valence-electron chi connectivity index (χ2n) is 3.06. The molecule has 9 nitrogen and oxygen atoms in total. The minimum absolute atomic E-state index is 0.279. The molecule has 0 saturated carbocycles. The molecule has 0 unspecified atom stereocenters. The molecule has 0 spiro atoms. The van der Waals surface area contributed by atoms with Crippen LogP contribution in [0.1, 0.15) is 10.5 Å². The molecule has 0 radical (unpaired) electrons. The molecular formula is C8H4IN5O4. The molecule has 2 heterocycles. The molecule has 2 rings (SSSR count). The number of nitro groups is 1. The van der Waals surface area contributed by atoms with E-state index in [1.807, 2.05) is 22.6 Å². The number of aromatic nitrogens is 4. The number of rotatable bonds is 3. The highest BCUT2D eigenvalue weighted by Gasteiger charge is 2.26. The van der Waals surface area contributed by atoms with Crippen LogP contribution in [-0.2, 0) is 0 Å². The van der Waals surface area contributed by atoms with Gasteiger partial charge in [-0.3, -0.25) is 10.1 Å². The smallest absolute Gasteiger partial charge is 0.363 e. The van der Waals surface area contributed by atoms with E-state index >= 15 is 0 Å². The summed E-state index contributed by atoms with van der Waals surface area (Å²) in [5, 5.41) is 23.2. The average Bonchev–Trinajstić information content (AvgIpc) is 2.74. The van der Waals surface area contributed by atoms with Crippen molar-refractivity contribution < 1.29 is 14.8 Å². The summed E-state index contributed by atoms with van der Waals surface area (Å²) in [6.45, 7) is 0. The largest absolute Gasteiger partial charge is 0.476 e. The normalized spacial score (nSPS) is 10.3. The average molecular weight is 361 g/mol. The Bertz CT molecular complexity index is 609. The number of carboxylic acid groups (broad SMARTS) is 1. The highest BCUT2D eigenvalue weighted by Crippen LogP contribution is 2.20. The van der Waals surface area contributed by atoms with Crippen LogP contribution >= 0.6 is 22.6 Å². The van der Waals surface area contributed by atoms with Crippen molar-refractivity contribution >= 4 is 34.2 Å². The fourth-order valence-electron chi connectivity index (χ4n) is 1.23. The molecule has 0 aliphatic heterocycles. The van der Waals surface area contributed by atoms with E-state index in [0.29, 0.717) is 3.57 Å². The first-order valence-electron chi connectivity index (χ1n) is 4.44. The molecule has 0 atom stereocenters. The molecule has 0 aliphatic rings. The Morgan fingerprint density at radius 3 is 2.78 bits per heavy atom. The fourth-order valence-corrected chi connectivity index (χ4v) is 1.78. The van der Waals surface area contributed by atoms with Crippen LogP contribution in [0.25, 0.3) is 5.82 Å². The molecular weight excluding hydrogens is 357 g/mol. The van der Waals surface area contributed by atoms with Gasteiger partial charge in [0.1, 0.15) is 12.5 Å². The van der Waals surface area contributed by atoms with Gasteiger partial charge < -0.3 is 5.11 Å². The summed E-state index contributed by atoms with van der Waals surface area (Å²) in [7, 11) is 0. The molecule has 92 valence electrons. The predicted molar refractivity (Wildman–Crippen MR) is 65.5 cm³/mol. The lowest BCUT2D eigenvalue weighted by molar-refractivity contribution is -0.385. The third-order valence-corrected chi connectivity index (χ3v) is 2.72. The third-order valence-electron chi connectivity index (χ3n) is 1.96. The highest BCUT2D eigenvalue weighted by molar-refractivity contribution is 14.1. The van der Waals surface area contributed by atoms with E-state index in [-0.39, 0.29) is 5.82 Å². The number of nitrogens with zero attached hydrogens (tertiary/aromatic N) is 5. The van der Waals surface area contributed by atoms with Crippen molar-refractivity contribution in [1.82, 2.24) is 19.7 Å². The molecule has 0 aromatic carbocycles. The summed E-state index contributed by atoms with van der Waals surface area (Å²) in [6, 6.07) is 0. The first kappa shape index (κ1) is 12.3. The third kappa shape index (κ3) is 2.13. The van der Waals surface area contributed by atoms with Gasteiger partial charge in [-0.15, -0.1) is 0 Å². The minimum Gasteiger partial charge on any atom is -0.476 e. The number of carboxylic acids is 1. The molecule has 0 amide bonds. The van der Waals surface area contributed by atoms with Gasteiger partial charge in [0.25, 0.3) is 0 Å². The van der Waals surface area contributed by atoms with Crippen LogP contribution in [0.5, 0.6) is 0 Å². The van der Waals surface area contributed by atoms with Gasteiger partial charge in [-0.1, -0.05) is 0 Å². The van der Waals surface area contributed by atoms with E-state index < -0.39 is 22.3 Å². The first-order chi connectivity index (χ1) is 8.50. The summed E-state index contributed by atoms with van der Waals surface area (Å²) in [5.41, 5.74) is -1.22. The Labute approximate surface area is 113 Å². The van der Waals surface area contributed by atoms with E-state index in [0.717, 1.165) is 10.9 Å². The van der Waals surface area contributed by atoms with Gasteiger partial charge in [0.05, 0.1) is 8.49 Å². The van der Waals surface area contributed by atoms with Crippen molar-refractivity contribution in [3.63, 3.8) is 0 Å². The summed E-state index contributed by atoms with van der Waals surface area (Å²) >= 11 is 1.92. The summed E-state index contributed by atoms with van der Waals surface area (Å²) in [6.07, 6.45) is 3.73. The van der Waals surface area contributed by atoms with Crippen molar-refractivity contribution in [2.45, 2.75) is 0 Å². The highest BCUT2D eigenvalue weighted by atomic mass is 127. The van der Waals surface area contributed by atoms with Gasteiger partial charge in [0.15, 0.2) is 5.82 Å². The quantitative estimate of drug-likeness (QED) is 0.489. The molecule has 0 fully saturated rings. The zero-order valence-electron chi connectivity index (χ0n) is 8.52. The Balaban J connectivity index is 2.61. The monoisotopic (exact) mass is 361 g/mol. The maximum absolute atomic E-state index is 10.8. The van der Waals surface area contributed by atoms with E-state index in [4.69, 9.17) is 5.11 Å². The lowest BCUT2D eigenvalue weighted by Crippen LogP contribution is -2.05. The van der Waals surface area contributed by atoms with Crippen LogP contribution in [0.15, 0.2) is 18.7 Å². The van der Waals surface area contributed by atoms with Crippen molar-refractivity contribution in [3.8, 4) is 5.82 Å². The van der Waals surface area contributed by atoms with Crippen molar-refractivity contribution in [2.24, 2.45) is 0 Å². The predicted octanol–water partition coefficient (Wildman–Crippen LogP) is 0.873. The van der Waals surface area contributed by atoms with Crippen molar-refractivity contribution in [2.75, 3.05) is 0 Å². The number of hydrogen-bond acceptors (Lipinski definition) is 6. The summed E-state index contributed by atoms with van der Waals surface area (Å²) < 4.78 is 1.63. The minimum atomic E-state index is -1.47. The standard InChI is InChI=1S/C8H4IN5O4/c9-4-1-10-3-11-7(4)13-2-5(14(17)18)6(12-13)8(15)16/h1-3H,(H,15,16). The molecule has 18 heavy (non-hydrogen) atoms. The number of carbonyl (C=O) groups is 1. The Morgan fingerprint density at radius 1 is 1.56 bits per heavy atom. The molecule has 0 bridgehead atoms. The molecule has 1 N–H and O–H groups in total. The zero-order chi connectivity index (χ0) is 13.3. The van der Waals surface area contributed by atoms with Crippen LogP contribution in [0.3, 0.4) is 0 Å². The SMILES string of the molecule is O=C(O)c1nn(-c2ncncc2I)cc1[N+](=O)[O-]. The topological polar surface area (TPSA) is 124 Å². The summed E-state index contributed by atoms with van der Waals surface area (Å²) in [5.74, 6) is -1.19. The van der Waals surface area contributed by atoms with Gasteiger partial charge in [-0.2, -0.15) is 5.10 Å². The van der Waals surface area contributed by atoms with Crippen molar-refractivity contribution in [3.05, 3.63) is 38.1 Å². The van der Waals surface area contributed by atoms with Crippen LogP contribution in [-0.4, -0.2) is 35.7 Å². The second kappa shape index (κ2) is 4.64. The molecule has 10 heteroatoms. The maximum Gasteiger partial charge on any atom is 0.363 e. The fraction of sp³-hybridized carbons (Fsp3) is 0. The second-order valence-corrected chi connectivity index (χ2v) is 4.23. The lowest BCUT2D eigenvalue weighted by atomic mass is 10.4. The molecule has 2 aromatic heterocycles. The number of aromatic carboxylic acids is 1. The van der Waals surface area contributed by atoms with Crippen LogP contribution in [0.2, 0.25) is 0 Å². The number of halogens is 1. The van der Waals surface area contributed by atoms with E-state index in [2.05, 4.69) is 15.1 Å².